The third-order valence-electron chi connectivity index (χ3n) is 4.50. The van der Waals surface area contributed by atoms with Crippen LogP contribution in [0.25, 0.3) is 10.6 Å². The summed E-state index contributed by atoms with van der Waals surface area (Å²) in [6.45, 7) is 1.80. The number of ether oxygens (including phenoxy) is 1. The van der Waals surface area contributed by atoms with Crippen molar-refractivity contribution in [3.05, 3.63) is 107 Å². The Labute approximate surface area is 189 Å². The maximum atomic E-state index is 12.5. The van der Waals surface area contributed by atoms with Gasteiger partial charge in [0.25, 0.3) is 5.91 Å². The van der Waals surface area contributed by atoms with Crippen molar-refractivity contribution in [1.82, 2.24) is 10.4 Å². The van der Waals surface area contributed by atoms with Crippen LogP contribution in [0.1, 0.15) is 31.3 Å². The number of hydrogen-bond donors (Lipinski definition) is 1. The highest BCUT2D eigenvalue weighted by Gasteiger charge is 2.15. The largest absolute Gasteiger partial charge is 0.423 e. The molecule has 0 spiro atoms. The summed E-state index contributed by atoms with van der Waals surface area (Å²) in [4.78, 5) is 29.6. The van der Waals surface area contributed by atoms with Crippen molar-refractivity contribution in [3.63, 3.8) is 0 Å². The van der Waals surface area contributed by atoms with Crippen LogP contribution in [0.5, 0.6) is 5.75 Å². The number of amides is 1. The second-order valence-corrected chi connectivity index (χ2v) is 7.82. The van der Waals surface area contributed by atoms with Gasteiger partial charge in [-0.2, -0.15) is 5.10 Å². The number of thiazole rings is 1. The third-order valence-corrected chi connectivity index (χ3v) is 5.71. The molecule has 0 radical (unpaired) electrons. The number of aromatic nitrogens is 1. The molecule has 158 valence electrons. The summed E-state index contributed by atoms with van der Waals surface area (Å²) < 4.78 is 5.35. The van der Waals surface area contributed by atoms with E-state index in [2.05, 4.69) is 15.5 Å². The molecule has 4 aromatic rings. The van der Waals surface area contributed by atoms with Crippen LogP contribution < -0.4 is 10.2 Å². The van der Waals surface area contributed by atoms with Gasteiger partial charge in [0.1, 0.15) is 15.6 Å². The summed E-state index contributed by atoms with van der Waals surface area (Å²) in [6, 6.07) is 25.3. The Morgan fingerprint density at radius 1 is 0.938 bits per heavy atom. The van der Waals surface area contributed by atoms with Crippen LogP contribution in [0.15, 0.2) is 90.0 Å². The highest BCUT2D eigenvalue weighted by atomic mass is 32.1. The fourth-order valence-electron chi connectivity index (χ4n) is 2.89. The van der Waals surface area contributed by atoms with E-state index in [0.717, 1.165) is 16.1 Å². The zero-order valence-electron chi connectivity index (χ0n) is 17.2. The van der Waals surface area contributed by atoms with Gasteiger partial charge in [0.05, 0.1) is 17.5 Å². The topological polar surface area (TPSA) is 80.7 Å². The van der Waals surface area contributed by atoms with E-state index in [1.807, 2.05) is 36.4 Å². The van der Waals surface area contributed by atoms with Crippen LogP contribution in [0.2, 0.25) is 0 Å². The fourth-order valence-corrected chi connectivity index (χ4v) is 3.85. The van der Waals surface area contributed by atoms with E-state index in [4.69, 9.17) is 4.74 Å². The first-order valence-electron chi connectivity index (χ1n) is 9.84. The molecule has 1 heterocycles. The highest BCUT2D eigenvalue weighted by molar-refractivity contribution is 7.17. The molecule has 7 heteroatoms. The van der Waals surface area contributed by atoms with Gasteiger partial charge in [0, 0.05) is 5.56 Å². The summed E-state index contributed by atoms with van der Waals surface area (Å²) in [6.07, 6.45) is 1.52. The summed E-state index contributed by atoms with van der Waals surface area (Å²) in [5, 5.41) is 4.82. The van der Waals surface area contributed by atoms with Crippen molar-refractivity contribution in [1.29, 1.82) is 0 Å². The average molecular weight is 442 g/mol. The minimum Gasteiger partial charge on any atom is -0.423 e. The van der Waals surface area contributed by atoms with Gasteiger partial charge in [0.2, 0.25) is 0 Å². The van der Waals surface area contributed by atoms with Gasteiger partial charge in [-0.15, -0.1) is 11.3 Å². The first-order valence-corrected chi connectivity index (χ1v) is 10.7. The van der Waals surface area contributed by atoms with E-state index in [1.165, 1.54) is 17.6 Å². The zero-order valence-corrected chi connectivity index (χ0v) is 18.0. The summed E-state index contributed by atoms with van der Waals surface area (Å²) >= 11 is 1.33. The van der Waals surface area contributed by atoms with Crippen LogP contribution in [0.4, 0.5) is 0 Å². The molecule has 0 bridgehead atoms. The Kier molecular flexibility index (Phi) is 6.48. The predicted octanol–water partition coefficient (Wildman–Crippen LogP) is 5.10. The quantitative estimate of drug-likeness (QED) is 0.195. The molecule has 0 saturated carbocycles. The normalized spacial score (nSPS) is 10.8. The standard InChI is InChI=1S/C25H19N3O3S/c1-17-22(32-24(27-17)19-8-4-2-5-9-19)23(29)28-26-16-18-12-14-21(15-13-18)31-25(30)20-10-6-3-7-11-20/h2-16H,1H3,(H,28,29)/b26-16+. The first-order chi connectivity index (χ1) is 15.6. The van der Waals surface area contributed by atoms with E-state index in [0.29, 0.717) is 21.9 Å². The third kappa shape index (κ3) is 5.14. The molecule has 1 N–H and O–H groups in total. The molecule has 0 aliphatic carbocycles. The number of nitrogens with zero attached hydrogens (tertiary/aromatic N) is 2. The Balaban J connectivity index is 1.35. The number of hydrogen-bond acceptors (Lipinski definition) is 6. The molecule has 0 saturated heterocycles. The van der Waals surface area contributed by atoms with Crippen molar-refractivity contribution >= 4 is 29.4 Å². The van der Waals surface area contributed by atoms with Crippen molar-refractivity contribution in [2.24, 2.45) is 5.10 Å². The van der Waals surface area contributed by atoms with Crippen molar-refractivity contribution in [2.75, 3.05) is 0 Å². The number of carbonyl (C=O) groups excluding carboxylic acids is 2. The van der Waals surface area contributed by atoms with Gasteiger partial charge < -0.3 is 4.74 Å². The van der Waals surface area contributed by atoms with Gasteiger partial charge >= 0.3 is 5.97 Å². The maximum Gasteiger partial charge on any atom is 0.343 e. The molecule has 1 amide bonds. The second-order valence-electron chi connectivity index (χ2n) is 6.82. The monoisotopic (exact) mass is 441 g/mol. The number of esters is 1. The lowest BCUT2D eigenvalue weighted by molar-refractivity contribution is 0.0734. The van der Waals surface area contributed by atoms with Gasteiger partial charge in [0.15, 0.2) is 0 Å². The summed E-state index contributed by atoms with van der Waals surface area (Å²) in [5.41, 5.74) is 5.39. The lowest BCUT2D eigenvalue weighted by Crippen LogP contribution is -2.17. The van der Waals surface area contributed by atoms with Crippen LogP contribution in [0.3, 0.4) is 0 Å². The zero-order chi connectivity index (χ0) is 22.3. The van der Waals surface area contributed by atoms with Crippen molar-refractivity contribution < 1.29 is 14.3 Å². The number of benzene rings is 3. The Morgan fingerprint density at radius 3 is 2.28 bits per heavy atom. The number of hydrazone groups is 1. The smallest absolute Gasteiger partial charge is 0.343 e. The SMILES string of the molecule is Cc1nc(-c2ccccc2)sc1C(=O)N/N=C/c1ccc(OC(=O)c2ccccc2)cc1. The number of rotatable bonds is 6. The number of carbonyl (C=O) groups is 2. The molecule has 0 atom stereocenters. The Bertz CT molecular complexity index is 1250. The molecule has 1 aromatic heterocycles. The minimum absolute atomic E-state index is 0.313. The van der Waals surface area contributed by atoms with Crippen LogP contribution >= 0.6 is 11.3 Å². The summed E-state index contributed by atoms with van der Waals surface area (Å²) in [7, 11) is 0. The van der Waals surface area contributed by atoms with E-state index in [9.17, 15) is 9.59 Å². The maximum absolute atomic E-state index is 12.5. The number of nitrogens with one attached hydrogen (secondary N) is 1. The van der Waals surface area contributed by atoms with Crippen LogP contribution in [0, 0.1) is 6.92 Å². The Morgan fingerprint density at radius 2 is 1.59 bits per heavy atom. The molecular weight excluding hydrogens is 422 g/mol. The van der Waals surface area contributed by atoms with Gasteiger partial charge in [-0.05, 0) is 48.9 Å². The van der Waals surface area contributed by atoms with E-state index in [-0.39, 0.29) is 5.91 Å². The molecule has 0 fully saturated rings. The average Bonchev–Trinajstić information content (AvgIpc) is 3.23. The summed E-state index contributed by atoms with van der Waals surface area (Å²) in [5.74, 6) is -0.310. The minimum atomic E-state index is -0.422. The Hall–Kier alpha value is -4.10. The molecule has 0 aliphatic heterocycles. The number of aryl methyl sites for hydroxylation is 1. The molecule has 3 aromatic carbocycles. The van der Waals surface area contributed by atoms with Gasteiger partial charge in [-0.1, -0.05) is 48.5 Å². The van der Waals surface area contributed by atoms with Crippen molar-refractivity contribution in [3.8, 4) is 16.3 Å². The van der Waals surface area contributed by atoms with Crippen LogP contribution in [-0.2, 0) is 0 Å². The predicted molar refractivity (Wildman–Crippen MR) is 125 cm³/mol. The lowest BCUT2D eigenvalue weighted by Gasteiger charge is -2.04. The van der Waals surface area contributed by atoms with Crippen molar-refractivity contribution in [2.45, 2.75) is 6.92 Å². The molecular formula is C25H19N3O3S. The second kappa shape index (κ2) is 9.80. The van der Waals surface area contributed by atoms with E-state index >= 15 is 0 Å². The highest BCUT2D eigenvalue weighted by Crippen LogP contribution is 2.27. The molecule has 0 unspecified atom stereocenters. The van der Waals surface area contributed by atoms with Gasteiger partial charge in [-0.3, -0.25) is 4.79 Å². The fraction of sp³-hybridized carbons (Fsp3) is 0.0400. The lowest BCUT2D eigenvalue weighted by atomic mass is 10.2. The van der Waals surface area contributed by atoms with Crippen LogP contribution in [-0.4, -0.2) is 23.1 Å². The molecule has 4 rings (SSSR count). The van der Waals surface area contributed by atoms with E-state index in [1.54, 1.807) is 55.5 Å². The molecule has 6 nitrogen and oxygen atoms in total. The molecule has 0 aliphatic rings. The van der Waals surface area contributed by atoms with E-state index < -0.39 is 5.97 Å². The van der Waals surface area contributed by atoms with Gasteiger partial charge in [-0.25, -0.2) is 15.2 Å². The first kappa shape index (κ1) is 21.1. The molecule has 32 heavy (non-hydrogen) atoms.